The highest BCUT2D eigenvalue weighted by atomic mass is 16.5. The van der Waals surface area contributed by atoms with Crippen LogP contribution in [0, 0.1) is 10.8 Å². The van der Waals surface area contributed by atoms with Crippen molar-refractivity contribution < 1.29 is 67.6 Å². The van der Waals surface area contributed by atoms with Crippen molar-refractivity contribution in [3.05, 3.63) is 179 Å². The van der Waals surface area contributed by atoms with Gasteiger partial charge in [-0.25, -0.2) is 19.0 Å². The summed E-state index contributed by atoms with van der Waals surface area (Å²) >= 11 is 0. The monoisotopic (exact) mass is 1500 g/mol. The second-order valence-electron chi connectivity index (χ2n) is 30.6. The summed E-state index contributed by atoms with van der Waals surface area (Å²) in [6, 6.07) is 24.9. The van der Waals surface area contributed by atoms with E-state index in [9.17, 15) is 29.4 Å². The predicted molar refractivity (Wildman–Crippen MR) is 405 cm³/mol. The van der Waals surface area contributed by atoms with Gasteiger partial charge in [0.15, 0.2) is 0 Å². The van der Waals surface area contributed by atoms with E-state index in [0.29, 0.717) is 45.1 Å². The largest absolute Gasteiger partial charge is 0.487 e. The lowest BCUT2D eigenvalue weighted by Crippen LogP contribution is -2.61. The lowest BCUT2D eigenvalue weighted by molar-refractivity contribution is -0.145. The first-order valence-corrected chi connectivity index (χ1v) is 36.9. The van der Waals surface area contributed by atoms with Crippen LogP contribution in [0.25, 0.3) is 21.5 Å². The molecule has 6 aliphatic rings. The summed E-state index contributed by atoms with van der Waals surface area (Å²) in [6.45, 7) is 13.7. The molecule has 10 N–H and O–H groups in total. The van der Waals surface area contributed by atoms with E-state index in [2.05, 4.69) is 63.2 Å². The highest BCUT2D eigenvalue weighted by Crippen LogP contribution is 2.35. The Balaban J connectivity index is 0.941. The number of hydrogen-bond acceptors (Lipinski definition) is 18. The van der Waals surface area contributed by atoms with Crippen LogP contribution in [0.1, 0.15) is 114 Å². The van der Waals surface area contributed by atoms with Gasteiger partial charge >= 0.3 is 11.9 Å². The Labute approximate surface area is 636 Å². The number of likely N-dealkylation sites (N-methyl/N-ethyl adjacent to an activating group) is 2. The Kier molecular flexibility index (Phi) is 24.7. The van der Waals surface area contributed by atoms with Crippen LogP contribution >= 0.6 is 0 Å². The van der Waals surface area contributed by atoms with Crippen molar-refractivity contribution in [3.8, 4) is 11.5 Å². The van der Waals surface area contributed by atoms with E-state index < -0.39 is 143 Å². The molecule has 0 spiro atoms. The molecule has 12 atom stereocenters. The van der Waals surface area contributed by atoms with Crippen LogP contribution in [0.2, 0.25) is 0 Å². The Morgan fingerprint density at radius 2 is 0.864 bits per heavy atom. The van der Waals surface area contributed by atoms with Gasteiger partial charge in [0.2, 0.25) is 47.3 Å². The van der Waals surface area contributed by atoms with Gasteiger partial charge in [0.05, 0.1) is 36.6 Å². The Bertz CT molecular complexity index is 4410. The van der Waals surface area contributed by atoms with E-state index in [0.717, 1.165) is 21.5 Å². The molecule has 30 nitrogen and oxygen atoms in total. The first-order valence-electron chi connectivity index (χ1n) is 36.9. The van der Waals surface area contributed by atoms with Gasteiger partial charge in [-0.15, -0.1) is 10.2 Å². The first kappa shape index (κ1) is 79.4. The standard InChI is InChI=1S/C80H96N16O14/c1-45(81-9)69(97)87-67(79(3,4)5)75(103)93-33-31-63-65(93)73(101)83-59(39-49-19-25-51-15-11-13-17-53(51)35-49)71(99)85-61(77(105)106)37-47-23-29-58(30-24-47)110-44-56-42-96(92-90-56)64-32-34-94(76(104)68(80(6,7)8)88-70(98)46(2)82-10)66(64)74(102)84-60(40-50-20-26-52-16-12-14-18-54(52)36-50)72(100)86-62(78(107)108)38-48-21-27-57(28-22-48)109-43-55-41-95(63)91-89-55/h11-30,35-36,41-42,45-46,59-68,81-82H,31-34,37-40,43-44H2,1-10H3,(H,83,101)(H,84,102)(H,85,99)(H,86,100)(H,87,97)(H,88,98)(H,105,106)(H,107,108)/t45-,46-,59-,60-,61-,62-,63+,64?,65-,66-,67+,68+/m0/s1. The molecule has 8 bridgehead atoms. The summed E-state index contributed by atoms with van der Waals surface area (Å²) in [6.07, 6.45) is 2.74. The van der Waals surface area contributed by atoms with Crippen molar-refractivity contribution >= 4 is 80.7 Å². The fourth-order valence-corrected chi connectivity index (χ4v) is 14.1. The molecule has 0 saturated carbocycles. The number of aromatic nitrogens is 6. The van der Waals surface area contributed by atoms with Crippen molar-refractivity contribution in [1.82, 2.24) is 82.3 Å². The Hall–Kier alpha value is -11.7. The number of hydrogen-bond donors (Lipinski definition) is 10. The molecule has 110 heavy (non-hydrogen) atoms. The van der Waals surface area contributed by atoms with E-state index in [4.69, 9.17) is 9.47 Å². The molecule has 8 heterocycles. The summed E-state index contributed by atoms with van der Waals surface area (Å²) < 4.78 is 15.3. The lowest BCUT2D eigenvalue weighted by atomic mass is 9.85. The number of carboxylic acid groups (broad SMARTS) is 2. The van der Waals surface area contributed by atoms with Crippen LogP contribution in [0.15, 0.2) is 146 Å². The molecule has 2 saturated heterocycles. The van der Waals surface area contributed by atoms with E-state index in [-0.39, 0.29) is 64.8 Å². The van der Waals surface area contributed by atoms with E-state index >= 15 is 28.8 Å². The van der Waals surface area contributed by atoms with Crippen molar-refractivity contribution in [2.24, 2.45) is 10.8 Å². The van der Waals surface area contributed by atoms with E-state index in [1.165, 1.54) is 19.2 Å². The van der Waals surface area contributed by atoms with Crippen LogP contribution in [0.3, 0.4) is 0 Å². The number of amides is 8. The smallest absolute Gasteiger partial charge is 0.326 e. The third-order valence-electron chi connectivity index (χ3n) is 20.6. The number of ether oxygens (including phenoxy) is 2. The topological polar surface area (TPSA) is 394 Å². The van der Waals surface area contributed by atoms with Gasteiger partial charge in [0.1, 0.15) is 84.4 Å². The maximum absolute atomic E-state index is 15.6. The number of carbonyl (C=O) groups excluding carboxylic acids is 8. The molecule has 0 aliphatic carbocycles. The minimum Gasteiger partial charge on any atom is -0.487 e. The number of rotatable bonds is 14. The van der Waals surface area contributed by atoms with E-state index in [1.807, 2.05) is 84.9 Å². The van der Waals surface area contributed by atoms with Gasteiger partial charge in [-0.05, 0) is 120 Å². The van der Waals surface area contributed by atoms with Gasteiger partial charge in [-0.1, -0.05) is 161 Å². The van der Waals surface area contributed by atoms with Crippen LogP contribution in [-0.4, -0.2) is 197 Å². The highest BCUT2D eigenvalue weighted by Gasteiger charge is 2.51. The molecule has 6 aromatic carbocycles. The Morgan fingerprint density at radius 1 is 0.500 bits per heavy atom. The maximum atomic E-state index is 15.6. The number of nitrogens with zero attached hydrogens (tertiary/aromatic N) is 8. The molecule has 30 heteroatoms. The number of nitrogens with one attached hydrogen (secondary N) is 8. The summed E-state index contributed by atoms with van der Waals surface area (Å²) in [5.41, 5.74) is 1.01. The molecular weight excluding hydrogens is 1410 g/mol. The number of fused-ring (bicyclic) bond motifs is 2. The number of carbonyl (C=O) groups is 10. The molecule has 8 aromatic rings. The molecule has 1 unspecified atom stereocenters. The number of aliphatic carboxylic acids is 2. The summed E-state index contributed by atoms with van der Waals surface area (Å²) in [5, 5.41) is 65.7. The summed E-state index contributed by atoms with van der Waals surface area (Å²) in [5.74, 6) is -7.42. The van der Waals surface area contributed by atoms with Crippen molar-refractivity contribution in [3.63, 3.8) is 0 Å². The molecule has 14 rings (SSSR count). The molecule has 2 aromatic heterocycles. The van der Waals surface area contributed by atoms with Crippen LogP contribution in [0.5, 0.6) is 11.5 Å². The lowest BCUT2D eigenvalue weighted by Gasteiger charge is -2.37. The quantitative estimate of drug-likeness (QED) is 0.0726. The van der Waals surface area contributed by atoms with Gasteiger partial charge in [0, 0.05) is 38.8 Å². The fraction of sp³-hybridized carbons (Fsp3) is 0.425. The molecule has 0 radical (unpaired) electrons. The van der Waals surface area contributed by atoms with Crippen molar-refractivity contribution in [2.75, 3.05) is 27.2 Å². The Morgan fingerprint density at radius 3 is 1.21 bits per heavy atom. The average Bonchev–Trinajstić information content (AvgIpc) is 1.62. The van der Waals surface area contributed by atoms with Crippen molar-refractivity contribution in [1.29, 1.82) is 0 Å². The van der Waals surface area contributed by atoms with Gasteiger partial charge in [-0.2, -0.15) is 0 Å². The number of likely N-dealkylation sites (tertiary alicyclic amines) is 2. The second kappa shape index (κ2) is 34.3. The average molecular weight is 1510 g/mol. The number of carboxylic acids is 2. The minimum absolute atomic E-state index is 0.00483. The third kappa shape index (κ3) is 19.1. The summed E-state index contributed by atoms with van der Waals surface area (Å²) in [4.78, 5) is 148. The third-order valence-corrected chi connectivity index (χ3v) is 20.6. The summed E-state index contributed by atoms with van der Waals surface area (Å²) in [7, 11) is 3.22. The zero-order chi connectivity index (χ0) is 78.9. The maximum Gasteiger partial charge on any atom is 0.326 e. The molecule has 8 amide bonds. The van der Waals surface area contributed by atoms with Gasteiger partial charge < -0.3 is 72.0 Å². The molecule has 580 valence electrons. The zero-order valence-corrected chi connectivity index (χ0v) is 63.2. The minimum atomic E-state index is -1.54. The number of benzene rings is 6. The molecular formula is C80H96N16O14. The molecule has 2 fully saturated rings. The highest BCUT2D eigenvalue weighted by molar-refractivity contribution is 5.99. The predicted octanol–water partition coefficient (Wildman–Crippen LogP) is 4.29. The zero-order valence-electron chi connectivity index (χ0n) is 63.2. The van der Waals surface area contributed by atoms with Gasteiger partial charge in [-0.3, -0.25) is 38.4 Å². The van der Waals surface area contributed by atoms with E-state index in [1.54, 1.807) is 130 Å². The van der Waals surface area contributed by atoms with Crippen LogP contribution in [-0.2, 0) is 86.8 Å². The van der Waals surface area contributed by atoms with Crippen molar-refractivity contribution in [2.45, 2.75) is 180 Å². The van der Waals surface area contributed by atoms with Crippen LogP contribution < -0.4 is 52.0 Å². The fourth-order valence-electron chi connectivity index (χ4n) is 14.1. The SMILES string of the molecule is CN[C@@H](C)C(=O)N[C@H](C(=O)N1CCC2[C@H]1C(=O)N[C@@H](Cc1ccc3ccccc3c1)C(=O)N[C@H](C(=O)O)Cc1ccc(cc1)OCc1cn(nn1)[C@@H]1CCN(C(=O)[C@@H](NC(=O)[C@H](C)NC)C(C)(C)C)[C@@H]1C(=O)N[C@@H](Cc1ccc3ccccc3c1)C(=O)N[C@H](C(=O)O)Cc1ccc(cc1)OCc1cn2nn1)C(C)(C)C. The van der Waals surface area contributed by atoms with Crippen LogP contribution in [0.4, 0.5) is 0 Å². The first-order chi connectivity index (χ1) is 52.4. The molecule has 6 aliphatic heterocycles. The van der Waals surface area contributed by atoms with Gasteiger partial charge in [0.25, 0.3) is 0 Å². The normalized spacial score (nSPS) is 21.7. The second-order valence-corrected chi connectivity index (χ2v) is 30.6.